The predicted octanol–water partition coefficient (Wildman–Crippen LogP) is 2.77. The number of hydroxylamine groups is 1. The lowest BCUT2D eigenvalue weighted by atomic mass is 10.1. The van der Waals surface area contributed by atoms with Gasteiger partial charge < -0.3 is 9.64 Å². The van der Waals surface area contributed by atoms with Gasteiger partial charge in [0.1, 0.15) is 0 Å². The number of carbonyl (C=O) groups excluding carboxylic acids is 2. The van der Waals surface area contributed by atoms with Crippen LogP contribution >= 0.6 is 0 Å². The van der Waals surface area contributed by atoms with Crippen LogP contribution in [0.3, 0.4) is 0 Å². The zero-order valence-electron chi connectivity index (χ0n) is 14.5. The van der Waals surface area contributed by atoms with Crippen molar-refractivity contribution in [3.63, 3.8) is 0 Å². The molecule has 2 amide bonds. The van der Waals surface area contributed by atoms with Crippen molar-refractivity contribution in [1.29, 1.82) is 0 Å². The molecule has 6 heteroatoms. The lowest BCUT2D eigenvalue weighted by molar-refractivity contribution is -0.201. The van der Waals surface area contributed by atoms with Crippen molar-refractivity contribution in [3.8, 4) is 0 Å². The number of benzene rings is 2. The second kappa shape index (κ2) is 7.43. The normalized spacial score (nSPS) is 23.4. The van der Waals surface area contributed by atoms with Crippen LogP contribution in [0.4, 0.5) is 5.69 Å². The van der Waals surface area contributed by atoms with E-state index in [1.165, 1.54) is 0 Å². The first kappa shape index (κ1) is 17.0. The van der Waals surface area contributed by atoms with Gasteiger partial charge in [-0.15, -0.1) is 0 Å². The molecule has 0 saturated carbocycles. The Balaban J connectivity index is 1.44. The fraction of sp³-hybridized carbons (Fsp3) is 0.400. The smallest absolute Gasteiger partial charge is 0.249 e. The van der Waals surface area contributed by atoms with Crippen molar-refractivity contribution >= 4 is 28.3 Å². The summed E-state index contributed by atoms with van der Waals surface area (Å²) in [5.41, 5.74) is 3.33. The zero-order chi connectivity index (χ0) is 17.9. The summed E-state index contributed by atoms with van der Waals surface area (Å²) in [4.78, 5) is 32.0. The van der Waals surface area contributed by atoms with Crippen molar-refractivity contribution in [2.45, 2.75) is 32.0 Å². The molecule has 136 valence electrons. The second-order valence-electron chi connectivity index (χ2n) is 6.78. The molecule has 2 aromatic carbocycles. The number of rotatable bonds is 4. The van der Waals surface area contributed by atoms with E-state index >= 15 is 0 Å². The van der Waals surface area contributed by atoms with Crippen LogP contribution in [0.15, 0.2) is 42.5 Å². The van der Waals surface area contributed by atoms with Gasteiger partial charge in [-0.05, 0) is 24.3 Å². The van der Waals surface area contributed by atoms with Crippen LogP contribution in [0.1, 0.15) is 25.7 Å². The third-order valence-corrected chi connectivity index (χ3v) is 4.98. The number of fused-ring (bicyclic) bond motifs is 1. The van der Waals surface area contributed by atoms with Gasteiger partial charge in [0.15, 0.2) is 6.29 Å². The van der Waals surface area contributed by atoms with Gasteiger partial charge in [0.05, 0.1) is 11.6 Å². The fourth-order valence-electron chi connectivity index (χ4n) is 3.57. The molecule has 0 spiro atoms. The van der Waals surface area contributed by atoms with Crippen LogP contribution in [0.2, 0.25) is 0 Å². The molecule has 2 heterocycles. The maximum atomic E-state index is 12.5. The van der Waals surface area contributed by atoms with Crippen molar-refractivity contribution in [3.05, 3.63) is 42.5 Å². The number of hydrogen-bond acceptors (Lipinski definition) is 4. The number of hydrogen-bond donors (Lipinski definition) is 1. The summed E-state index contributed by atoms with van der Waals surface area (Å²) < 4.78 is 5.44. The molecule has 2 aliphatic rings. The Morgan fingerprint density at radius 3 is 2.85 bits per heavy atom. The third kappa shape index (κ3) is 3.43. The summed E-state index contributed by atoms with van der Waals surface area (Å²) in [5, 5.41) is 2.08. The molecule has 0 unspecified atom stereocenters. The van der Waals surface area contributed by atoms with Crippen molar-refractivity contribution in [1.82, 2.24) is 5.48 Å². The highest BCUT2D eigenvalue weighted by Crippen LogP contribution is 2.31. The zero-order valence-corrected chi connectivity index (χ0v) is 14.5. The van der Waals surface area contributed by atoms with Gasteiger partial charge in [-0.2, -0.15) is 0 Å². The lowest BCUT2D eigenvalue weighted by Gasteiger charge is -2.23. The molecule has 0 bridgehead atoms. The number of nitrogens with one attached hydrogen (secondary N) is 1. The van der Waals surface area contributed by atoms with E-state index < -0.39 is 5.92 Å². The average molecular weight is 354 g/mol. The Bertz CT molecular complexity index is 811. The molecule has 2 aliphatic heterocycles. The minimum atomic E-state index is -0.426. The summed E-state index contributed by atoms with van der Waals surface area (Å²) in [6.45, 7) is 1.00. The first-order valence-electron chi connectivity index (χ1n) is 9.07. The van der Waals surface area contributed by atoms with Crippen LogP contribution in [0.25, 0.3) is 10.8 Å². The van der Waals surface area contributed by atoms with E-state index in [1.54, 1.807) is 4.90 Å². The number of anilines is 1. The van der Waals surface area contributed by atoms with Crippen molar-refractivity contribution in [2.75, 3.05) is 18.1 Å². The van der Waals surface area contributed by atoms with Crippen LogP contribution < -0.4 is 10.4 Å². The summed E-state index contributed by atoms with van der Waals surface area (Å²) in [6.07, 6.45) is 2.61. The molecule has 2 saturated heterocycles. The van der Waals surface area contributed by atoms with Crippen LogP contribution in [-0.2, 0) is 19.2 Å². The highest BCUT2D eigenvalue weighted by atomic mass is 16.8. The molecule has 2 atom stereocenters. The van der Waals surface area contributed by atoms with Gasteiger partial charge in [0.25, 0.3) is 0 Å². The lowest BCUT2D eigenvalue weighted by Crippen LogP contribution is -2.37. The number of ether oxygens (including phenoxy) is 1. The highest BCUT2D eigenvalue weighted by Gasteiger charge is 2.36. The molecule has 0 aromatic heterocycles. The topological polar surface area (TPSA) is 67.9 Å². The van der Waals surface area contributed by atoms with Crippen molar-refractivity contribution in [2.24, 2.45) is 5.92 Å². The van der Waals surface area contributed by atoms with Crippen LogP contribution in [-0.4, -0.2) is 31.3 Å². The summed E-state index contributed by atoms with van der Waals surface area (Å²) in [5.74, 6) is -0.740. The molecule has 26 heavy (non-hydrogen) atoms. The van der Waals surface area contributed by atoms with Gasteiger partial charge in [0, 0.05) is 31.4 Å². The quantitative estimate of drug-likeness (QED) is 0.858. The van der Waals surface area contributed by atoms with E-state index in [9.17, 15) is 9.59 Å². The SMILES string of the molecule is O=C(NO[C@@H]1CCCCO1)[C@@H]1CC(=O)N(c2cccc3ccccc23)C1. The number of nitrogens with zero attached hydrogens (tertiary/aromatic N) is 1. The first-order chi connectivity index (χ1) is 12.7. The summed E-state index contributed by atoms with van der Waals surface area (Å²) in [6, 6.07) is 13.8. The molecule has 4 rings (SSSR count). The molecule has 6 nitrogen and oxygen atoms in total. The van der Waals surface area contributed by atoms with Crippen LogP contribution in [0.5, 0.6) is 0 Å². The van der Waals surface area contributed by atoms with Crippen LogP contribution in [0, 0.1) is 5.92 Å². The second-order valence-corrected chi connectivity index (χ2v) is 6.78. The molecule has 1 N–H and O–H groups in total. The highest BCUT2D eigenvalue weighted by molar-refractivity contribution is 6.06. The third-order valence-electron chi connectivity index (χ3n) is 4.98. The molecular formula is C20H22N2O4. The van der Waals surface area contributed by atoms with E-state index in [0.717, 1.165) is 35.7 Å². The fourth-order valence-corrected chi connectivity index (χ4v) is 3.57. The predicted molar refractivity (Wildman–Crippen MR) is 97.2 cm³/mol. The number of carbonyl (C=O) groups is 2. The molecule has 0 aliphatic carbocycles. The average Bonchev–Trinajstić information content (AvgIpc) is 3.08. The Hall–Kier alpha value is -2.44. The summed E-state index contributed by atoms with van der Waals surface area (Å²) >= 11 is 0. The molecule has 2 aromatic rings. The van der Waals surface area contributed by atoms with Gasteiger partial charge in [-0.3, -0.25) is 9.59 Å². The Kier molecular flexibility index (Phi) is 4.86. The molecule has 0 radical (unpaired) electrons. The largest absolute Gasteiger partial charge is 0.350 e. The maximum absolute atomic E-state index is 12.5. The van der Waals surface area contributed by atoms with E-state index in [4.69, 9.17) is 9.57 Å². The van der Waals surface area contributed by atoms with E-state index in [-0.39, 0.29) is 24.5 Å². The van der Waals surface area contributed by atoms with Gasteiger partial charge in [0.2, 0.25) is 11.8 Å². The Morgan fingerprint density at radius 1 is 1.15 bits per heavy atom. The minimum Gasteiger partial charge on any atom is -0.350 e. The molecular weight excluding hydrogens is 332 g/mol. The van der Waals surface area contributed by atoms with Gasteiger partial charge >= 0.3 is 0 Å². The maximum Gasteiger partial charge on any atom is 0.249 e. The van der Waals surface area contributed by atoms with E-state index in [2.05, 4.69) is 5.48 Å². The van der Waals surface area contributed by atoms with Gasteiger partial charge in [-0.1, -0.05) is 36.4 Å². The Morgan fingerprint density at radius 2 is 2.00 bits per heavy atom. The van der Waals surface area contributed by atoms with E-state index in [0.29, 0.717) is 13.2 Å². The van der Waals surface area contributed by atoms with E-state index in [1.807, 2.05) is 42.5 Å². The minimum absolute atomic E-state index is 0.0459. The standard InChI is InChI=1S/C20H22N2O4/c23-18-12-15(20(24)21-26-19-10-3-4-11-25-19)13-22(18)17-9-5-7-14-6-1-2-8-16(14)17/h1-2,5-9,15,19H,3-4,10-13H2,(H,21,24)/t15-,19-/m1/s1. The first-order valence-corrected chi connectivity index (χ1v) is 9.07. The Labute approximate surface area is 152 Å². The monoisotopic (exact) mass is 354 g/mol. The number of amides is 2. The van der Waals surface area contributed by atoms with Gasteiger partial charge in [-0.25, -0.2) is 10.3 Å². The van der Waals surface area contributed by atoms with Crippen molar-refractivity contribution < 1.29 is 19.2 Å². The molecule has 2 fully saturated rings. The summed E-state index contributed by atoms with van der Waals surface area (Å²) in [7, 11) is 0.